The summed E-state index contributed by atoms with van der Waals surface area (Å²) in [5, 5.41) is 10.2. The highest BCUT2D eigenvalue weighted by Crippen LogP contribution is 2.33. The maximum absolute atomic E-state index is 12.4. The van der Waals surface area contributed by atoms with Crippen molar-refractivity contribution in [1.82, 2.24) is 4.90 Å². The van der Waals surface area contributed by atoms with Crippen LogP contribution in [0.5, 0.6) is 0 Å². The molecule has 1 heterocycles. The summed E-state index contributed by atoms with van der Waals surface area (Å²) in [5.41, 5.74) is 1.49. The van der Waals surface area contributed by atoms with E-state index in [-0.39, 0.29) is 11.5 Å². The van der Waals surface area contributed by atoms with Crippen LogP contribution in [0.4, 0.5) is 5.69 Å². The Morgan fingerprint density at radius 1 is 1.24 bits per heavy atom. The summed E-state index contributed by atoms with van der Waals surface area (Å²) in [6, 6.07) is 13.4. The minimum absolute atomic E-state index is 0.149. The first-order valence-electron chi connectivity index (χ1n) is 7.29. The van der Waals surface area contributed by atoms with E-state index in [1.165, 1.54) is 28.8 Å². The van der Waals surface area contributed by atoms with Crippen molar-refractivity contribution in [2.24, 2.45) is 4.99 Å². The van der Waals surface area contributed by atoms with Crippen molar-refractivity contribution in [2.45, 2.75) is 0 Å². The lowest BCUT2D eigenvalue weighted by molar-refractivity contribution is -0.121. The third kappa shape index (κ3) is 3.92. The number of likely N-dealkylation sites (N-methyl/N-ethyl adjacent to an activating group) is 1. The molecule has 0 bridgehead atoms. The number of halogens is 1. The molecule has 2 aromatic rings. The number of aromatic carboxylic acids is 1. The molecule has 7 heteroatoms. The number of carbonyl (C=O) groups is 2. The number of benzene rings is 2. The first-order valence-corrected chi connectivity index (χ1v) is 8.49. The Kier molecular flexibility index (Phi) is 4.92. The molecule has 0 aromatic heterocycles. The van der Waals surface area contributed by atoms with Gasteiger partial charge in [0.05, 0.1) is 16.2 Å². The molecule has 5 nitrogen and oxygen atoms in total. The molecule has 25 heavy (non-hydrogen) atoms. The van der Waals surface area contributed by atoms with Crippen LogP contribution in [0.3, 0.4) is 0 Å². The van der Waals surface area contributed by atoms with Gasteiger partial charge < -0.3 is 5.11 Å². The van der Waals surface area contributed by atoms with Gasteiger partial charge in [0.1, 0.15) is 0 Å². The van der Waals surface area contributed by atoms with E-state index < -0.39 is 5.97 Å². The zero-order valence-corrected chi connectivity index (χ0v) is 14.7. The number of amidine groups is 1. The van der Waals surface area contributed by atoms with Crippen molar-refractivity contribution in [1.29, 1.82) is 0 Å². The second kappa shape index (κ2) is 7.13. The second-order valence-electron chi connectivity index (χ2n) is 5.28. The number of carboxylic acid groups (broad SMARTS) is 1. The van der Waals surface area contributed by atoms with Gasteiger partial charge >= 0.3 is 5.97 Å². The highest BCUT2D eigenvalue weighted by atomic mass is 35.5. The van der Waals surface area contributed by atoms with Gasteiger partial charge in [0.2, 0.25) is 0 Å². The van der Waals surface area contributed by atoms with Crippen LogP contribution in [-0.4, -0.2) is 34.1 Å². The van der Waals surface area contributed by atoms with Crippen molar-refractivity contribution in [3.63, 3.8) is 0 Å². The van der Waals surface area contributed by atoms with Gasteiger partial charge in [-0.05, 0) is 53.7 Å². The van der Waals surface area contributed by atoms with Crippen LogP contribution in [0.1, 0.15) is 15.9 Å². The molecule has 0 aliphatic carbocycles. The highest BCUT2D eigenvalue weighted by molar-refractivity contribution is 8.18. The molecular weight excluding hydrogens is 360 g/mol. The fourth-order valence-electron chi connectivity index (χ4n) is 2.18. The molecule has 1 amide bonds. The smallest absolute Gasteiger partial charge is 0.335 e. The number of thioether (sulfide) groups is 1. The lowest BCUT2D eigenvalue weighted by Gasteiger charge is -2.07. The average Bonchev–Trinajstić information content (AvgIpc) is 2.85. The Hall–Kier alpha value is -2.57. The maximum Gasteiger partial charge on any atom is 0.335 e. The summed E-state index contributed by atoms with van der Waals surface area (Å²) < 4.78 is 0. The van der Waals surface area contributed by atoms with Gasteiger partial charge in [0.25, 0.3) is 5.91 Å². The molecule has 1 N–H and O–H groups in total. The summed E-state index contributed by atoms with van der Waals surface area (Å²) in [5.74, 6) is -1.18. The van der Waals surface area contributed by atoms with Gasteiger partial charge in [0, 0.05) is 12.1 Å². The number of hydrogen-bond acceptors (Lipinski definition) is 4. The van der Waals surface area contributed by atoms with Crippen LogP contribution in [0.25, 0.3) is 6.08 Å². The first-order chi connectivity index (χ1) is 11.9. The van der Waals surface area contributed by atoms with Crippen LogP contribution in [0, 0.1) is 0 Å². The lowest BCUT2D eigenvalue weighted by Crippen LogP contribution is -2.23. The molecule has 1 saturated heterocycles. The molecule has 2 aromatic carbocycles. The van der Waals surface area contributed by atoms with Crippen molar-refractivity contribution >= 4 is 52.2 Å². The number of aliphatic imine (C=N–C) groups is 1. The maximum atomic E-state index is 12.4. The number of nitrogens with zero attached hydrogens (tertiary/aromatic N) is 2. The Labute approximate surface area is 153 Å². The fourth-order valence-corrected chi connectivity index (χ4v) is 3.29. The van der Waals surface area contributed by atoms with E-state index in [9.17, 15) is 9.59 Å². The Morgan fingerprint density at radius 3 is 2.64 bits per heavy atom. The average molecular weight is 373 g/mol. The summed E-state index contributed by atoms with van der Waals surface area (Å²) >= 11 is 7.11. The van der Waals surface area contributed by atoms with Gasteiger partial charge in [-0.2, -0.15) is 0 Å². The van der Waals surface area contributed by atoms with Crippen molar-refractivity contribution in [3.05, 3.63) is 69.6 Å². The number of carboxylic acids is 1. The monoisotopic (exact) mass is 372 g/mol. The quantitative estimate of drug-likeness (QED) is 0.817. The molecule has 0 radical (unpaired) electrons. The molecule has 0 saturated carbocycles. The fraction of sp³-hybridized carbons (Fsp3) is 0.0556. The largest absolute Gasteiger partial charge is 0.478 e. The Balaban J connectivity index is 1.89. The van der Waals surface area contributed by atoms with E-state index in [1.807, 2.05) is 12.1 Å². The molecule has 3 rings (SSSR count). The van der Waals surface area contributed by atoms with E-state index in [1.54, 1.807) is 37.4 Å². The van der Waals surface area contributed by atoms with E-state index in [2.05, 4.69) is 4.99 Å². The number of hydrogen-bond donors (Lipinski definition) is 1. The Bertz CT molecular complexity index is 907. The molecule has 1 fully saturated rings. The molecule has 0 unspecified atom stereocenters. The topological polar surface area (TPSA) is 70.0 Å². The number of carbonyl (C=O) groups excluding carboxylic acids is 1. The first kappa shape index (κ1) is 17.3. The minimum Gasteiger partial charge on any atom is -0.478 e. The van der Waals surface area contributed by atoms with Crippen LogP contribution >= 0.6 is 23.4 Å². The minimum atomic E-state index is -1.02. The predicted molar refractivity (Wildman–Crippen MR) is 100 cm³/mol. The Morgan fingerprint density at radius 2 is 1.96 bits per heavy atom. The molecular formula is C18H13ClN2O3S. The van der Waals surface area contributed by atoms with Gasteiger partial charge in [0.15, 0.2) is 5.17 Å². The summed E-state index contributed by atoms with van der Waals surface area (Å²) in [6.07, 6.45) is 1.77. The molecule has 126 valence electrons. The SMILES string of the molecule is CN1C(=O)/C(=C/c2ccc(Cl)cc2)SC1=Nc1cccc(C(=O)O)c1. The summed E-state index contributed by atoms with van der Waals surface area (Å²) in [4.78, 5) is 29.8. The van der Waals surface area contributed by atoms with Crippen molar-refractivity contribution < 1.29 is 14.7 Å². The zero-order chi connectivity index (χ0) is 18.0. The normalized spacial score (nSPS) is 17.5. The van der Waals surface area contributed by atoms with E-state index in [0.717, 1.165) is 5.56 Å². The summed E-state index contributed by atoms with van der Waals surface area (Å²) in [7, 11) is 1.64. The van der Waals surface area contributed by atoms with Crippen molar-refractivity contribution in [3.8, 4) is 0 Å². The van der Waals surface area contributed by atoms with Gasteiger partial charge in [-0.15, -0.1) is 0 Å². The standard InChI is InChI=1S/C18H13ClN2O3S/c1-21-16(22)15(9-11-5-7-13(19)8-6-11)25-18(21)20-14-4-2-3-12(10-14)17(23)24/h2-10H,1H3,(H,23,24)/b15-9-,20-18?. The number of amides is 1. The van der Waals surface area contributed by atoms with Gasteiger partial charge in [-0.3, -0.25) is 9.69 Å². The van der Waals surface area contributed by atoms with Crippen molar-refractivity contribution in [2.75, 3.05) is 7.05 Å². The predicted octanol–water partition coefficient (Wildman–Crippen LogP) is 4.27. The summed E-state index contributed by atoms with van der Waals surface area (Å²) in [6.45, 7) is 0. The van der Waals surface area contributed by atoms with Crippen LogP contribution in [0.15, 0.2) is 58.4 Å². The van der Waals surface area contributed by atoms with Crippen LogP contribution in [-0.2, 0) is 4.79 Å². The second-order valence-corrected chi connectivity index (χ2v) is 6.72. The van der Waals surface area contributed by atoms with E-state index >= 15 is 0 Å². The third-order valence-electron chi connectivity index (χ3n) is 3.49. The van der Waals surface area contributed by atoms with Gasteiger partial charge in [-0.1, -0.05) is 29.8 Å². The van der Waals surface area contributed by atoms with Gasteiger partial charge in [-0.25, -0.2) is 9.79 Å². The number of rotatable bonds is 3. The van der Waals surface area contributed by atoms with Crippen LogP contribution < -0.4 is 0 Å². The van der Waals surface area contributed by atoms with E-state index in [4.69, 9.17) is 16.7 Å². The third-order valence-corrected chi connectivity index (χ3v) is 4.80. The highest BCUT2D eigenvalue weighted by Gasteiger charge is 2.30. The van der Waals surface area contributed by atoms with Crippen LogP contribution in [0.2, 0.25) is 5.02 Å². The molecule has 1 aliphatic heterocycles. The molecule has 0 spiro atoms. The zero-order valence-electron chi connectivity index (χ0n) is 13.1. The van der Waals surface area contributed by atoms with E-state index in [0.29, 0.717) is 20.8 Å². The molecule has 1 aliphatic rings. The lowest BCUT2D eigenvalue weighted by atomic mass is 10.2. The molecule has 0 atom stereocenters.